The van der Waals surface area contributed by atoms with Crippen LogP contribution in [0.25, 0.3) is 21.5 Å². The molecule has 27 heavy (non-hydrogen) atoms. The van der Waals surface area contributed by atoms with Crippen LogP contribution in [0.5, 0.6) is 0 Å². The predicted octanol–water partition coefficient (Wildman–Crippen LogP) is 4.60. The minimum absolute atomic E-state index is 0.125. The van der Waals surface area contributed by atoms with Crippen LogP contribution < -0.4 is 5.56 Å². The van der Waals surface area contributed by atoms with Crippen LogP contribution in [0.15, 0.2) is 62.1 Å². The molecule has 1 aromatic carbocycles. The van der Waals surface area contributed by atoms with Gasteiger partial charge in [0.2, 0.25) is 0 Å². The molecule has 0 saturated carbocycles. The second kappa shape index (κ2) is 7.72. The third-order valence-electron chi connectivity index (χ3n) is 4.31. The summed E-state index contributed by atoms with van der Waals surface area (Å²) < 4.78 is 5.44. The molecular weight excluding hydrogens is 378 g/mol. The van der Waals surface area contributed by atoms with Crippen molar-refractivity contribution in [3.05, 3.63) is 69.8 Å². The smallest absolute Gasteiger partial charge is 0.260 e. The lowest BCUT2D eigenvalue weighted by Gasteiger charge is -2.16. The minimum atomic E-state index is -0.125. The second-order valence-electron chi connectivity index (χ2n) is 6.34. The fraction of sp³-hybridized carbons (Fsp3) is 0.200. The fourth-order valence-corrected chi connectivity index (χ4v) is 4.39. The number of nitrogens with zero attached hydrogens (tertiary/aromatic N) is 2. The van der Waals surface area contributed by atoms with Crippen LogP contribution in [0.2, 0.25) is 0 Å². The predicted molar refractivity (Wildman–Crippen MR) is 111 cm³/mol. The summed E-state index contributed by atoms with van der Waals surface area (Å²) >= 11 is 3.20. The molecule has 0 unspecified atom stereocenters. The van der Waals surface area contributed by atoms with Crippen molar-refractivity contribution in [3.63, 3.8) is 0 Å². The zero-order valence-corrected chi connectivity index (χ0v) is 16.7. The maximum absolute atomic E-state index is 12.6. The van der Waals surface area contributed by atoms with Crippen LogP contribution >= 0.6 is 23.1 Å². The van der Waals surface area contributed by atoms with Crippen LogP contribution in [0.1, 0.15) is 11.4 Å². The van der Waals surface area contributed by atoms with Gasteiger partial charge in [0.15, 0.2) is 0 Å². The number of fused-ring (bicyclic) bond motifs is 1. The van der Waals surface area contributed by atoms with E-state index in [1.807, 2.05) is 24.6 Å². The van der Waals surface area contributed by atoms with Crippen molar-refractivity contribution in [2.45, 2.75) is 18.0 Å². The van der Waals surface area contributed by atoms with Crippen LogP contribution in [-0.2, 0) is 13.1 Å². The highest BCUT2D eigenvalue weighted by Gasteiger charge is 2.15. The van der Waals surface area contributed by atoms with Crippen molar-refractivity contribution in [1.82, 2.24) is 14.9 Å². The number of furan rings is 1. The lowest BCUT2D eigenvalue weighted by Crippen LogP contribution is -2.21. The van der Waals surface area contributed by atoms with Crippen molar-refractivity contribution >= 4 is 33.3 Å². The third-order valence-corrected chi connectivity index (χ3v) is 5.93. The summed E-state index contributed by atoms with van der Waals surface area (Å²) in [5.74, 6) is 1.36. The van der Waals surface area contributed by atoms with Gasteiger partial charge >= 0.3 is 0 Å². The van der Waals surface area contributed by atoms with Crippen LogP contribution in [0, 0.1) is 0 Å². The number of rotatable bonds is 6. The molecule has 0 atom stereocenters. The van der Waals surface area contributed by atoms with Gasteiger partial charge in [0.1, 0.15) is 16.4 Å². The van der Waals surface area contributed by atoms with E-state index in [2.05, 4.69) is 45.4 Å². The highest BCUT2D eigenvalue weighted by molar-refractivity contribution is 7.98. The Labute approximate surface area is 165 Å². The first-order valence-corrected chi connectivity index (χ1v) is 10.6. The molecule has 0 bridgehead atoms. The van der Waals surface area contributed by atoms with Crippen molar-refractivity contribution in [1.29, 1.82) is 0 Å². The average Bonchev–Trinajstić information content (AvgIpc) is 3.31. The Morgan fingerprint density at radius 1 is 1.22 bits per heavy atom. The molecule has 4 aromatic rings. The van der Waals surface area contributed by atoms with Crippen molar-refractivity contribution in [2.24, 2.45) is 0 Å². The first-order valence-electron chi connectivity index (χ1n) is 8.50. The van der Waals surface area contributed by atoms with Gasteiger partial charge in [-0.05, 0) is 43.1 Å². The molecule has 0 spiro atoms. The van der Waals surface area contributed by atoms with Crippen molar-refractivity contribution in [2.75, 3.05) is 13.3 Å². The number of thiophene rings is 1. The molecule has 0 aliphatic heterocycles. The maximum atomic E-state index is 12.6. The number of hydrogen-bond donors (Lipinski definition) is 1. The topological polar surface area (TPSA) is 62.1 Å². The van der Waals surface area contributed by atoms with Crippen molar-refractivity contribution in [3.8, 4) is 11.3 Å². The van der Waals surface area contributed by atoms with Crippen LogP contribution in [-0.4, -0.2) is 28.2 Å². The molecule has 0 radical (unpaired) electrons. The van der Waals surface area contributed by atoms with Gasteiger partial charge in [-0.1, -0.05) is 12.1 Å². The lowest BCUT2D eigenvalue weighted by atomic mass is 10.2. The van der Waals surface area contributed by atoms with Gasteiger partial charge in [-0.15, -0.1) is 23.1 Å². The highest BCUT2D eigenvalue weighted by Crippen LogP contribution is 2.30. The number of aromatic amines is 1. The Kier molecular flexibility index (Phi) is 5.15. The Bertz CT molecular complexity index is 1100. The molecule has 0 fully saturated rings. The monoisotopic (exact) mass is 397 g/mol. The zero-order chi connectivity index (χ0) is 18.8. The Hall–Kier alpha value is -2.35. The summed E-state index contributed by atoms with van der Waals surface area (Å²) in [6, 6.07) is 12.2. The van der Waals surface area contributed by atoms with E-state index < -0.39 is 0 Å². The van der Waals surface area contributed by atoms with Gasteiger partial charge in [-0.25, -0.2) is 4.98 Å². The van der Waals surface area contributed by atoms with Gasteiger partial charge < -0.3 is 9.40 Å². The number of thioether (sulfide) groups is 1. The van der Waals surface area contributed by atoms with E-state index in [0.717, 1.165) is 16.9 Å². The molecule has 0 saturated heterocycles. The second-order valence-corrected chi connectivity index (χ2v) is 8.08. The standard InChI is InChI=1S/C20H19N3O2S2/c1-23(10-13-5-7-14(26-2)8-6-13)11-17-21-19(24)18-15(12-27-20(18)22-17)16-4-3-9-25-16/h3-9,12H,10-11H2,1-2H3,(H,21,22,24). The summed E-state index contributed by atoms with van der Waals surface area (Å²) in [6.07, 6.45) is 3.68. The number of nitrogens with one attached hydrogen (secondary N) is 1. The first kappa shape index (κ1) is 18.0. The van der Waals surface area contributed by atoms with Gasteiger partial charge in [0, 0.05) is 22.4 Å². The molecule has 1 N–H and O–H groups in total. The average molecular weight is 398 g/mol. The third kappa shape index (κ3) is 3.85. The zero-order valence-electron chi connectivity index (χ0n) is 15.1. The molecule has 4 rings (SSSR count). The van der Waals surface area contributed by atoms with E-state index in [9.17, 15) is 4.79 Å². The van der Waals surface area contributed by atoms with Crippen LogP contribution in [0.4, 0.5) is 0 Å². The van der Waals surface area contributed by atoms with E-state index in [1.54, 1.807) is 18.0 Å². The van der Waals surface area contributed by atoms with Gasteiger partial charge in [0.05, 0.1) is 18.2 Å². The molecule has 3 heterocycles. The summed E-state index contributed by atoms with van der Waals surface area (Å²) in [7, 11) is 2.02. The first-order chi connectivity index (χ1) is 13.1. The van der Waals surface area contributed by atoms with E-state index in [0.29, 0.717) is 23.5 Å². The summed E-state index contributed by atoms with van der Waals surface area (Å²) in [5.41, 5.74) is 1.90. The molecule has 138 valence electrons. The minimum Gasteiger partial charge on any atom is -0.464 e. The normalized spacial score (nSPS) is 11.5. The molecule has 0 amide bonds. The summed E-state index contributed by atoms with van der Waals surface area (Å²) in [5, 5.41) is 2.51. The molecule has 0 aliphatic rings. The largest absolute Gasteiger partial charge is 0.464 e. The molecular formula is C20H19N3O2S2. The molecule has 7 heteroatoms. The molecule has 0 aliphatic carbocycles. The van der Waals surface area contributed by atoms with E-state index >= 15 is 0 Å². The number of aromatic nitrogens is 2. The van der Waals surface area contributed by atoms with Crippen LogP contribution in [0.3, 0.4) is 0 Å². The van der Waals surface area contributed by atoms with Gasteiger partial charge in [-0.3, -0.25) is 9.69 Å². The molecule has 3 aromatic heterocycles. The summed E-state index contributed by atoms with van der Waals surface area (Å²) in [6.45, 7) is 1.36. The lowest BCUT2D eigenvalue weighted by molar-refractivity contribution is 0.310. The summed E-state index contributed by atoms with van der Waals surface area (Å²) in [4.78, 5) is 24.3. The molecule has 5 nitrogen and oxygen atoms in total. The SMILES string of the molecule is CSc1ccc(CN(C)Cc2nc3scc(-c4ccco4)c3c(=O)[nH]2)cc1. The van der Waals surface area contributed by atoms with Crippen molar-refractivity contribution < 1.29 is 4.42 Å². The fourth-order valence-electron chi connectivity index (χ4n) is 3.04. The Morgan fingerprint density at radius 2 is 2.04 bits per heavy atom. The van der Waals surface area contributed by atoms with E-state index in [1.165, 1.54) is 21.8 Å². The maximum Gasteiger partial charge on any atom is 0.260 e. The van der Waals surface area contributed by atoms with E-state index in [-0.39, 0.29) is 5.56 Å². The van der Waals surface area contributed by atoms with Gasteiger partial charge in [0.25, 0.3) is 5.56 Å². The van der Waals surface area contributed by atoms with E-state index in [4.69, 9.17) is 4.42 Å². The quantitative estimate of drug-likeness (QED) is 0.482. The number of benzene rings is 1. The number of hydrogen-bond acceptors (Lipinski definition) is 6. The highest BCUT2D eigenvalue weighted by atomic mass is 32.2. The van der Waals surface area contributed by atoms with Gasteiger partial charge in [-0.2, -0.15) is 0 Å². The Morgan fingerprint density at radius 3 is 2.74 bits per heavy atom. The Balaban J connectivity index is 1.54. The number of H-pyrrole nitrogens is 1.